The molecule has 0 aromatic carbocycles. The highest BCUT2D eigenvalue weighted by molar-refractivity contribution is 5.83. The van der Waals surface area contributed by atoms with Gasteiger partial charge in [-0.1, -0.05) is 64.2 Å². The van der Waals surface area contributed by atoms with Gasteiger partial charge in [-0.3, -0.25) is 4.79 Å². The summed E-state index contributed by atoms with van der Waals surface area (Å²) in [6.07, 6.45) is 19.3. The largest absolute Gasteiger partial charge is 0.353 e. The van der Waals surface area contributed by atoms with Gasteiger partial charge in [-0.25, -0.2) is 0 Å². The van der Waals surface area contributed by atoms with Gasteiger partial charge in [-0.15, -0.1) is 6.58 Å². The highest BCUT2D eigenvalue weighted by atomic mass is 16.2. The molecule has 4 aliphatic carbocycles. The Kier molecular flexibility index (Phi) is 5.30. The molecule has 0 saturated heterocycles. The monoisotopic (exact) mass is 383 g/mol. The summed E-state index contributed by atoms with van der Waals surface area (Å²) >= 11 is 0. The van der Waals surface area contributed by atoms with Crippen molar-refractivity contribution in [1.82, 2.24) is 5.32 Å². The molecule has 28 heavy (non-hydrogen) atoms. The molecule has 2 nitrogen and oxygen atoms in total. The summed E-state index contributed by atoms with van der Waals surface area (Å²) in [6, 6.07) is 0.417. The normalized spacial score (nSPS) is 44.0. The maximum Gasteiger partial charge on any atom is 0.226 e. The molecule has 0 spiro atoms. The number of nitrogens with one attached hydrogen (secondary N) is 1. The lowest BCUT2D eigenvalue weighted by Crippen LogP contribution is -2.57. The van der Waals surface area contributed by atoms with Crippen LogP contribution in [0.3, 0.4) is 0 Å². The lowest BCUT2D eigenvalue weighted by Gasteiger charge is -2.60. The highest BCUT2D eigenvalue weighted by Crippen LogP contribution is 2.65. The fraction of sp³-hybridized carbons (Fsp3) is 0.808. The average Bonchev–Trinajstić information content (AvgIpc) is 2.69. The van der Waals surface area contributed by atoms with E-state index in [0.29, 0.717) is 23.8 Å². The van der Waals surface area contributed by atoms with Crippen LogP contribution >= 0.6 is 0 Å². The first-order valence-electron chi connectivity index (χ1n) is 12.0. The van der Waals surface area contributed by atoms with Crippen LogP contribution in [0.15, 0.2) is 24.3 Å². The van der Waals surface area contributed by atoms with Gasteiger partial charge < -0.3 is 5.32 Å². The third kappa shape index (κ3) is 3.10. The smallest absolute Gasteiger partial charge is 0.226 e. The lowest BCUT2D eigenvalue weighted by atomic mass is 9.44. The van der Waals surface area contributed by atoms with E-state index in [1.165, 1.54) is 70.6 Å². The molecule has 0 aliphatic heterocycles. The van der Waals surface area contributed by atoms with Crippen molar-refractivity contribution >= 4 is 5.91 Å². The van der Waals surface area contributed by atoms with Crippen molar-refractivity contribution < 1.29 is 4.79 Å². The Morgan fingerprint density at radius 2 is 1.79 bits per heavy atom. The van der Waals surface area contributed by atoms with Gasteiger partial charge in [0.25, 0.3) is 0 Å². The Balaban J connectivity index is 1.60. The van der Waals surface area contributed by atoms with Gasteiger partial charge in [-0.05, 0) is 74.0 Å². The van der Waals surface area contributed by atoms with Crippen LogP contribution in [0.5, 0.6) is 0 Å². The minimum Gasteiger partial charge on any atom is -0.353 e. The van der Waals surface area contributed by atoms with Crippen LogP contribution in [0.4, 0.5) is 0 Å². The predicted octanol–water partition coefficient (Wildman–Crippen LogP) is 6.57. The molecule has 0 heterocycles. The molecule has 1 amide bonds. The van der Waals surface area contributed by atoms with E-state index in [1.807, 2.05) is 0 Å². The number of rotatable bonds is 3. The average molecular weight is 384 g/mol. The molecule has 2 heteroatoms. The molecular weight excluding hydrogens is 342 g/mol. The Morgan fingerprint density at radius 3 is 2.50 bits per heavy atom. The van der Waals surface area contributed by atoms with Crippen LogP contribution < -0.4 is 5.32 Å². The Labute approximate surface area is 172 Å². The van der Waals surface area contributed by atoms with Crippen molar-refractivity contribution in [1.29, 1.82) is 0 Å². The van der Waals surface area contributed by atoms with E-state index >= 15 is 0 Å². The zero-order chi connectivity index (χ0) is 20.0. The number of amides is 1. The van der Waals surface area contributed by atoms with Crippen LogP contribution in [-0.4, -0.2) is 11.9 Å². The van der Waals surface area contributed by atoms with Crippen molar-refractivity contribution in [2.24, 2.45) is 28.1 Å². The van der Waals surface area contributed by atoms with E-state index in [0.717, 1.165) is 6.42 Å². The lowest BCUT2D eigenvalue weighted by molar-refractivity contribution is -0.143. The van der Waals surface area contributed by atoms with E-state index < -0.39 is 0 Å². The second-order valence-corrected chi connectivity index (χ2v) is 11.1. The molecule has 0 aromatic heterocycles. The SMILES string of the molecule is C=CC1(C)CCC=C2C1CCC1C(C)(C(=O)NC3CCCCC3)CCC[C@]21C. The van der Waals surface area contributed by atoms with Crippen LogP contribution in [0, 0.1) is 28.1 Å². The van der Waals surface area contributed by atoms with E-state index in [4.69, 9.17) is 0 Å². The van der Waals surface area contributed by atoms with E-state index in [9.17, 15) is 4.79 Å². The summed E-state index contributed by atoms with van der Waals surface area (Å²) in [5, 5.41) is 3.50. The molecule has 3 saturated carbocycles. The Hall–Kier alpha value is -1.05. The van der Waals surface area contributed by atoms with E-state index in [1.54, 1.807) is 5.57 Å². The zero-order valence-electron chi connectivity index (χ0n) is 18.5. The molecule has 3 fully saturated rings. The minimum atomic E-state index is -0.210. The number of carbonyl (C=O) groups is 1. The van der Waals surface area contributed by atoms with Gasteiger partial charge in [0.1, 0.15) is 0 Å². The number of fused-ring (bicyclic) bond motifs is 3. The minimum absolute atomic E-state index is 0.185. The fourth-order valence-corrected chi connectivity index (χ4v) is 7.63. The maximum absolute atomic E-state index is 13.6. The van der Waals surface area contributed by atoms with Gasteiger partial charge >= 0.3 is 0 Å². The highest BCUT2D eigenvalue weighted by Gasteiger charge is 2.58. The second kappa shape index (κ2) is 7.33. The number of carbonyl (C=O) groups excluding carboxylic acids is 1. The van der Waals surface area contributed by atoms with Crippen molar-refractivity contribution in [2.75, 3.05) is 0 Å². The summed E-state index contributed by atoms with van der Waals surface area (Å²) in [6.45, 7) is 11.4. The van der Waals surface area contributed by atoms with Crippen LogP contribution in [0.25, 0.3) is 0 Å². The zero-order valence-corrected chi connectivity index (χ0v) is 18.5. The molecule has 1 N–H and O–H groups in total. The van der Waals surface area contributed by atoms with Crippen LogP contribution in [0.1, 0.15) is 97.8 Å². The van der Waals surface area contributed by atoms with E-state index in [-0.39, 0.29) is 16.2 Å². The quantitative estimate of drug-likeness (QED) is 0.549. The van der Waals surface area contributed by atoms with Crippen LogP contribution in [-0.2, 0) is 4.79 Å². The first-order valence-corrected chi connectivity index (χ1v) is 12.0. The predicted molar refractivity (Wildman–Crippen MR) is 117 cm³/mol. The number of hydrogen-bond acceptors (Lipinski definition) is 1. The van der Waals surface area contributed by atoms with E-state index in [2.05, 4.69) is 44.8 Å². The third-order valence-electron chi connectivity index (χ3n) is 9.48. The fourth-order valence-electron chi connectivity index (χ4n) is 7.63. The number of hydrogen-bond donors (Lipinski definition) is 1. The van der Waals surface area contributed by atoms with Crippen molar-refractivity contribution in [3.8, 4) is 0 Å². The summed E-state index contributed by atoms with van der Waals surface area (Å²) in [5.41, 5.74) is 1.88. The van der Waals surface area contributed by atoms with Crippen molar-refractivity contribution in [2.45, 2.75) is 104 Å². The molecule has 4 unspecified atom stereocenters. The number of allylic oxidation sites excluding steroid dienone is 3. The molecule has 5 atom stereocenters. The summed E-state index contributed by atoms with van der Waals surface area (Å²) in [4.78, 5) is 13.6. The summed E-state index contributed by atoms with van der Waals surface area (Å²) < 4.78 is 0. The molecular formula is C26H41NO. The molecule has 0 bridgehead atoms. The topological polar surface area (TPSA) is 29.1 Å². The summed E-state index contributed by atoms with van der Waals surface area (Å²) in [7, 11) is 0. The molecule has 4 rings (SSSR count). The molecule has 4 aliphatic rings. The van der Waals surface area contributed by atoms with Gasteiger partial charge in [0.2, 0.25) is 5.91 Å². The van der Waals surface area contributed by atoms with Gasteiger partial charge in [0, 0.05) is 6.04 Å². The summed E-state index contributed by atoms with van der Waals surface area (Å²) in [5.74, 6) is 1.47. The molecule has 0 radical (unpaired) electrons. The first-order chi connectivity index (χ1) is 13.3. The maximum atomic E-state index is 13.6. The second-order valence-electron chi connectivity index (χ2n) is 11.1. The standard InChI is InChI=1S/C26H41NO/c1-5-24(2)16-9-13-21-20(24)14-15-22-25(21,3)17-10-18-26(22,4)23(28)27-19-11-7-6-8-12-19/h5,13,19-20,22H,1,6-12,14-18H2,2-4H3,(H,27,28)/t20?,22?,24?,25-,26?/m1/s1. The molecule has 156 valence electrons. The molecule has 0 aromatic rings. The van der Waals surface area contributed by atoms with Crippen molar-refractivity contribution in [3.05, 3.63) is 24.3 Å². The third-order valence-corrected chi connectivity index (χ3v) is 9.48. The van der Waals surface area contributed by atoms with Crippen molar-refractivity contribution in [3.63, 3.8) is 0 Å². The van der Waals surface area contributed by atoms with Crippen LogP contribution in [0.2, 0.25) is 0 Å². The van der Waals surface area contributed by atoms with Gasteiger partial charge in [0.15, 0.2) is 0 Å². The first kappa shape index (κ1) is 20.2. The Bertz CT molecular complexity index is 659. The Morgan fingerprint density at radius 1 is 1.04 bits per heavy atom. The van der Waals surface area contributed by atoms with Gasteiger partial charge in [-0.2, -0.15) is 0 Å². The van der Waals surface area contributed by atoms with Gasteiger partial charge in [0.05, 0.1) is 5.41 Å².